The molecule has 0 radical (unpaired) electrons. The minimum Gasteiger partial charge on any atom is -0.507 e. The van der Waals surface area contributed by atoms with Gasteiger partial charge in [-0.25, -0.2) is 0 Å². The van der Waals surface area contributed by atoms with Gasteiger partial charge in [-0.05, 0) is 41.5 Å². The summed E-state index contributed by atoms with van der Waals surface area (Å²) in [7, 11) is 0. The van der Waals surface area contributed by atoms with Crippen molar-refractivity contribution < 1.29 is 5.11 Å². The number of phenols is 1. The molecule has 0 saturated heterocycles. The summed E-state index contributed by atoms with van der Waals surface area (Å²) in [5.74, 6) is 0.689. The van der Waals surface area contributed by atoms with Gasteiger partial charge in [0.15, 0.2) is 0 Å². The van der Waals surface area contributed by atoms with E-state index in [0.717, 1.165) is 46.4 Å². The lowest BCUT2D eigenvalue weighted by molar-refractivity contribution is 0.474. The van der Waals surface area contributed by atoms with E-state index in [-0.39, 0.29) is 0 Å². The summed E-state index contributed by atoms with van der Waals surface area (Å²) in [6.45, 7) is 6.49. The van der Waals surface area contributed by atoms with E-state index in [9.17, 15) is 5.11 Å². The van der Waals surface area contributed by atoms with E-state index < -0.39 is 0 Å². The number of hydrogen-bond acceptors (Lipinski definition) is 2. The highest BCUT2D eigenvalue weighted by Crippen LogP contribution is 2.42. The van der Waals surface area contributed by atoms with Crippen LogP contribution >= 0.6 is 12.6 Å². The average molecular weight is 300 g/mol. The molecule has 0 saturated carbocycles. The van der Waals surface area contributed by atoms with Crippen LogP contribution < -0.4 is 0 Å². The molecule has 2 aromatic rings. The number of benzene rings is 2. The van der Waals surface area contributed by atoms with E-state index in [1.54, 1.807) is 0 Å². The van der Waals surface area contributed by atoms with Crippen molar-refractivity contribution in [1.82, 2.24) is 0 Å². The first-order valence-electron chi connectivity index (χ1n) is 7.69. The number of hydrogen-bond donors (Lipinski definition) is 2. The number of rotatable bonds is 5. The SMILES string of the molecule is CCCCc1cc(O)c(-c2ccccc2)c(C(C)C)c1S. The summed E-state index contributed by atoms with van der Waals surface area (Å²) in [6.07, 6.45) is 3.23. The van der Waals surface area contributed by atoms with Crippen LogP contribution in [0.2, 0.25) is 0 Å². The molecular formula is C19H24OS. The second-order valence-electron chi connectivity index (χ2n) is 5.82. The van der Waals surface area contributed by atoms with Crippen LogP contribution in [0.5, 0.6) is 5.75 Å². The molecule has 0 aliphatic rings. The van der Waals surface area contributed by atoms with Gasteiger partial charge >= 0.3 is 0 Å². The molecule has 1 N–H and O–H groups in total. The maximum Gasteiger partial charge on any atom is 0.124 e. The molecule has 0 fully saturated rings. The van der Waals surface area contributed by atoms with Gasteiger partial charge in [-0.3, -0.25) is 0 Å². The van der Waals surface area contributed by atoms with Crippen LogP contribution in [-0.4, -0.2) is 5.11 Å². The van der Waals surface area contributed by atoms with Crippen molar-refractivity contribution in [3.8, 4) is 16.9 Å². The van der Waals surface area contributed by atoms with Gasteiger partial charge in [0.1, 0.15) is 5.75 Å². The summed E-state index contributed by atoms with van der Waals surface area (Å²) in [6, 6.07) is 12.0. The van der Waals surface area contributed by atoms with Crippen LogP contribution in [-0.2, 0) is 6.42 Å². The van der Waals surface area contributed by atoms with Crippen molar-refractivity contribution in [3.05, 3.63) is 47.5 Å². The number of phenolic OH excluding ortho intramolecular Hbond substituents is 1. The van der Waals surface area contributed by atoms with Gasteiger partial charge in [0.25, 0.3) is 0 Å². The zero-order valence-electron chi connectivity index (χ0n) is 13.1. The van der Waals surface area contributed by atoms with Crippen LogP contribution in [0.4, 0.5) is 0 Å². The molecule has 0 amide bonds. The summed E-state index contributed by atoms with van der Waals surface area (Å²) in [5.41, 5.74) is 4.28. The van der Waals surface area contributed by atoms with Gasteiger partial charge in [-0.15, -0.1) is 12.6 Å². The number of thiol groups is 1. The van der Waals surface area contributed by atoms with E-state index in [1.807, 2.05) is 36.4 Å². The van der Waals surface area contributed by atoms with Gasteiger partial charge in [0.2, 0.25) is 0 Å². The highest BCUT2D eigenvalue weighted by atomic mass is 32.1. The molecule has 112 valence electrons. The Morgan fingerprint density at radius 2 is 1.81 bits per heavy atom. The van der Waals surface area contributed by atoms with E-state index >= 15 is 0 Å². The molecule has 0 atom stereocenters. The van der Waals surface area contributed by atoms with Gasteiger partial charge in [-0.1, -0.05) is 57.5 Å². The third kappa shape index (κ3) is 3.44. The Bertz CT molecular complexity index is 603. The van der Waals surface area contributed by atoms with E-state index in [1.165, 1.54) is 0 Å². The van der Waals surface area contributed by atoms with Crippen molar-refractivity contribution in [1.29, 1.82) is 0 Å². The maximum absolute atomic E-state index is 10.6. The molecule has 0 aliphatic carbocycles. The highest BCUT2D eigenvalue weighted by molar-refractivity contribution is 7.80. The topological polar surface area (TPSA) is 20.2 Å². The van der Waals surface area contributed by atoms with Gasteiger partial charge in [0, 0.05) is 10.5 Å². The lowest BCUT2D eigenvalue weighted by atomic mass is 9.89. The van der Waals surface area contributed by atoms with Crippen LogP contribution in [0.1, 0.15) is 50.7 Å². The molecule has 2 heteroatoms. The zero-order chi connectivity index (χ0) is 15.4. The fraction of sp³-hybridized carbons (Fsp3) is 0.368. The Kier molecular flexibility index (Phi) is 5.35. The summed E-state index contributed by atoms with van der Waals surface area (Å²) in [5, 5.41) is 10.6. The lowest BCUT2D eigenvalue weighted by Gasteiger charge is -2.20. The summed E-state index contributed by atoms with van der Waals surface area (Å²) < 4.78 is 0. The fourth-order valence-electron chi connectivity index (χ4n) is 2.76. The van der Waals surface area contributed by atoms with E-state index in [2.05, 4.69) is 20.8 Å². The Labute approximate surface area is 133 Å². The smallest absolute Gasteiger partial charge is 0.124 e. The van der Waals surface area contributed by atoms with Gasteiger partial charge in [-0.2, -0.15) is 0 Å². The molecule has 0 spiro atoms. The lowest BCUT2D eigenvalue weighted by Crippen LogP contribution is -2.00. The van der Waals surface area contributed by atoms with E-state index in [4.69, 9.17) is 12.6 Å². The standard InChI is InChI=1S/C19H24OS/c1-4-5-9-15-12-16(20)18(14-10-7-6-8-11-14)17(13(2)3)19(15)21/h6-8,10-13,20-21H,4-5,9H2,1-3H3. The number of aryl methyl sites for hydroxylation is 1. The molecule has 0 aromatic heterocycles. The fourth-order valence-corrected chi connectivity index (χ4v) is 3.31. The van der Waals surface area contributed by atoms with Gasteiger partial charge < -0.3 is 5.11 Å². The number of unbranched alkanes of at least 4 members (excludes halogenated alkanes) is 1. The van der Waals surface area contributed by atoms with Gasteiger partial charge in [0.05, 0.1) is 0 Å². The average Bonchev–Trinajstić information content (AvgIpc) is 2.47. The Morgan fingerprint density at radius 3 is 2.38 bits per heavy atom. The second-order valence-corrected chi connectivity index (χ2v) is 6.26. The Hall–Kier alpha value is -1.41. The third-order valence-electron chi connectivity index (χ3n) is 3.84. The van der Waals surface area contributed by atoms with Crippen molar-refractivity contribution in [2.24, 2.45) is 0 Å². The summed E-state index contributed by atoms with van der Waals surface area (Å²) >= 11 is 4.78. The van der Waals surface area contributed by atoms with Crippen molar-refractivity contribution >= 4 is 12.6 Å². The monoisotopic (exact) mass is 300 g/mol. The molecule has 2 aromatic carbocycles. The quantitative estimate of drug-likeness (QED) is 0.667. The predicted octanol–water partition coefficient (Wildman–Crippen LogP) is 5.81. The minimum absolute atomic E-state index is 0.320. The highest BCUT2D eigenvalue weighted by Gasteiger charge is 2.19. The first-order valence-corrected chi connectivity index (χ1v) is 8.14. The van der Waals surface area contributed by atoms with Crippen molar-refractivity contribution in [2.45, 2.75) is 50.8 Å². The molecule has 2 rings (SSSR count). The predicted molar refractivity (Wildman–Crippen MR) is 93.5 cm³/mol. The molecule has 0 aliphatic heterocycles. The Balaban J connectivity index is 2.63. The molecule has 0 unspecified atom stereocenters. The third-order valence-corrected chi connectivity index (χ3v) is 4.36. The second kappa shape index (κ2) is 7.04. The van der Waals surface area contributed by atoms with Crippen LogP contribution in [0.15, 0.2) is 41.3 Å². The maximum atomic E-state index is 10.6. The molecule has 1 nitrogen and oxygen atoms in total. The molecule has 0 heterocycles. The van der Waals surface area contributed by atoms with Crippen LogP contribution in [0.25, 0.3) is 11.1 Å². The van der Waals surface area contributed by atoms with E-state index in [0.29, 0.717) is 11.7 Å². The number of aromatic hydroxyl groups is 1. The molecule has 21 heavy (non-hydrogen) atoms. The summed E-state index contributed by atoms with van der Waals surface area (Å²) in [4.78, 5) is 1.04. The largest absolute Gasteiger partial charge is 0.507 e. The van der Waals surface area contributed by atoms with Crippen molar-refractivity contribution in [3.63, 3.8) is 0 Å². The normalized spacial score (nSPS) is 11.1. The molecular weight excluding hydrogens is 276 g/mol. The molecule has 0 bridgehead atoms. The van der Waals surface area contributed by atoms with Crippen LogP contribution in [0, 0.1) is 0 Å². The Morgan fingerprint density at radius 1 is 1.14 bits per heavy atom. The van der Waals surface area contributed by atoms with Crippen LogP contribution in [0.3, 0.4) is 0 Å². The van der Waals surface area contributed by atoms with Crippen molar-refractivity contribution in [2.75, 3.05) is 0 Å². The first-order chi connectivity index (χ1) is 10.1. The first kappa shape index (κ1) is 16.0. The minimum atomic E-state index is 0.320. The zero-order valence-corrected chi connectivity index (χ0v) is 14.0.